The second-order valence-corrected chi connectivity index (χ2v) is 6.87. The van der Waals surface area contributed by atoms with Crippen LogP contribution < -0.4 is 4.31 Å². The van der Waals surface area contributed by atoms with Crippen molar-refractivity contribution in [3.63, 3.8) is 0 Å². The number of anilines is 1. The fraction of sp³-hybridized carbons (Fsp3) is 0.462. The Balaban J connectivity index is 2.22. The molecule has 1 aromatic carbocycles. The molecule has 1 heterocycles. The van der Waals surface area contributed by atoms with E-state index in [0.29, 0.717) is 18.8 Å². The SMILES string of the molecule is Cc1cccc(N2CCN(CC(C)C(=O)O)S2(=O)=O)c1. The normalized spacial score (nSPS) is 20.0. The molecule has 1 saturated heterocycles. The number of carbonyl (C=O) groups is 1. The van der Waals surface area contributed by atoms with Gasteiger partial charge in [-0.25, -0.2) is 0 Å². The van der Waals surface area contributed by atoms with Crippen LogP contribution in [-0.4, -0.2) is 43.4 Å². The van der Waals surface area contributed by atoms with Gasteiger partial charge in [-0.2, -0.15) is 12.7 Å². The van der Waals surface area contributed by atoms with Crippen LogP contribution in [-0.2, 0) is 15.0 Å². The quantitative estimate of drug-likeness (QED) is 0.902. The third-order valence-electron chi connectivity index (χ3n) is 3.35. The number of rotatable bonds is 4. The number of benzene rings is 1. The van der Waals surface area contributed by atoms with Crippen molar-refractivity contribution in [1.29, 1.82) is 0 Å². The van der Waals surface area contributed by atoms with Crippen molar-refractivity contribution in [1.82, 2.24) is 4.31 Å². The van der Waals surface area contributed by atoms with Gasteiger partial charge in [0.05, 0.1) is 11.6 Å². The van der Waals surface area contributed by atoms with Gasteiger partial charge in [0.2, 0.25) is 0 Å². The summed E-state index contributed by atoms with van der Waals surface area (Å²) < 4.78 is 27.4. The van der Waals surface area contributed by atoms with Crippen molar-refractivity contribution < 1.29 is 18.3 Å². The summed E-state index contributed by atoms with van der Waals surface area (Å²) in [5, 5.41) is 8.90. The number of carboxylic acid groups (broad SMARTS) is 1. The third kappa shape index (κ3) is 2.78. The lowest BCUT2D eigenvalue weighted by molar-refractivity contribution is -0.141. The Kier molecular flexibility index (Phi) is 4.01. The highest BCUT2D eigenvalue weighted by Gasteiger charge is 2.38. The number of hydrogen-bond acceptors (Lipinski definition) is 3. The summed E-state index contributed by atoms with van der Waals surface area (Å²) in [6.45, 7) is 4.07. The molecule has 1 aliphatic rings. The Hall–Kier alpha value is -1.60. The summed E-state index contributed by atoms with van der Waals surface area (Å²) in [5.41, 5.74) is 1.60. The highest BCUT2D eigenvalue weighted by Crippen LogP contribution is 2.26. The molecule has 2 rings (SSSR count). The highest BCUT2D eigenvalue weighted by molar-refractivity contribution is 7.90. The Morgan fingerprint density at radius 2 is 2.10 bits per heavy atom. The van der Waals surface area contributed by atoms with Crippen LogP contribution in [0.4, 0.5) is 5.69 Å². The molecule has 1 aliphatic heterocycles. The van der Waals surface area contributed by atoms with Crippen LogP contribution in [0.3, 0.4) is 0 Å². The molecule has 20 heavy (non-hydrogen) atoms. The zero-order chi connectivity index (χ0) is 14.9. The summed E-state index contributed by atoms with van der Waals surface area (Å²) in [6.07, 6.45) is 0. The lowest BCUT2D eigenvalue weighted by Gasteiger charge is -2.21. The molecule has 1 aromatic rings. The first-order valence-corrected chi connectivity index (χ1v) is 7.79. The van der Waals surface area contributed by atoms with Crippen molar-refractivity contribution in [2.45, 2.75) is 13.8 Å². The third-order valence-corrected chi connectivity index (χ3v) is 5.28. The summed E-state index contributed by atoms with van der Waals surface area (Å²) in [4.78, 5) is 10.9. The van der Waals surface area contributed by atoms with Gasteiger partial charge in [-0.05, 0) is 24.6 Å². The minimum absolute atomic E-state index is 0.0000175. The van der Waals surface area contributed by atoms with E-state index in [1.165, 1.54) is 15.5 Å². The van der Waals surface area contributed by atoms with E-state index >= 15 is 0 Å². The Morgan fingerprint density at radius 3 is 2.70 bits per heavy atom. The van der Waals surface area contributed by atoms with Gasteiger partial charge in [0.15, 0.2) is 0 Å². The second kappa shape index (κ2) is 5.41. The molecule has 7 heteroatoms. The minimum atomic E-state index is -3.62. The topological polar surface area (TPSA) is 77.9 Å². The summed E-state index contributed by atoms with van der Waals surface area (Å²) in [7, 11) is -3.62. The lowest BCUT2D eigenvalue weighted by Crippen LogP contribution is -2.37. The van der Waals surface area contributed by atoms with Crippen LogP contribution in [0.1, 0.15) is 12.5 Å². The number of aliphatic carboxylic acids is 1. The predicted octanol–water partition coefficient (Wildman–Crippen LogP) is 1.08. The van der Waals surface area contributed by atoms with E-state index in [9.17, 15) is 13.2 Å². The summed E-state index contributed by atoms with van der Waals surface area (Å²) in [5.74, 6) is -1.71. The van der Waals surface area contributed by atoms with Crippen LogP contribution >= 0.6 is 0 Å². The molecule has 0 aliphatic carbocycles. The fourth-order valence-electron chi connectivity index (χ4n) is 2.19. The molecular weight excluding hydrogens is 280 g/mol. The second-order valence-electron chi connectivity index (χ2n) is 5.02. The molecule has 6 nitrogen and oxygen atoms in total. The van der Waals surface area contributed by atoms with Crippen molar-refractivity contribution in [2.75, 3.05) is 23.9 Å². The molecule has 1 unspecified atom stereocenters. The summed E-state index contributed by atoms with van der Waals surface area (Å²) in [6, 6.07) is 7.26. The molecule has 0 saturated carbocycles. The molecule has 0 amide bonds. The first-order valence-electron chi connectivity index (χ1n) is 6.39. The molecule has 1 N–H and O–H groups in total. The highest BCUT2D eigenvalue weighted by atomic mass is 32.2. The van der Waals surface area contributed by atoms with Gasteiger partial charge in [-0.1, -0.05) is 19.1 Å². The molecule has 0 aromatic heterocycles. The van der Waals surface area contributed by atoms with Crippen LogP contribution in [0, 0.1) is 12.8 Å². The maximum absolute atomic E-state index is 12.4. The van der Waals surface area contributed by atoms with Crippen molar-refractivity contribution in [3.05, 3.63) is 29.8 Å². The van der Waals surface area contributed by atoms with E-state index in [2.05, 4.69) is 0 Å². The average molecular weight is 298 g/mol. The molecule has 0 spiro atoms. The van der Waals surface area contributed by atoms with E-state index in [4.69, 9.17) is 5.11 Å². The molecule has 110 valence electrons. The van der Waals surface area contributed by atoms with E-state index in [-0.39, 0.29) is 6.54 Å². The Morgan fingerprint density at radius 1 is 1.40 bits per heavy atom. The van der Waals surface area contributed by atoms with Crippen molar-refractivity contribution in [2.24, 2.45) is 5.92 Å². The van der Waals surface area contributed by atoms with E-state index in [1.54, 1.807) is 6.07 Å². The van der Waals surface area contributed by atoms with Crippen molar-refractivity contribution in [3.8, 4) is 0 Å². The van der Waals surface area contributed by atoms with Gasteiger partial charge < -0.3 is 5.11 Å². The predicted molar refractivity (Wildman–Crippen MR) is 75.8 cm³/mol. The molecule has 0 bridgehead atoms. The number of carboxylic acids is 1. The summed E-state index contributed by atoms with van der Waals surface area (Å²) >= 11 is 0. The molecular formula is C13H18N2O4S. The van der Waals surface area contributed by atoms with Gasteiger partial charge in [-0.3, -0.25) is 9.10 Å². The smallest absolute Gasteiger partial charge is 0.307 e. The Bertz CT molecular complexity index is 615. The lowest BCUT2D eigenvalue weighted by atomic mass is 10.2. The maximum Gasteiger partial charge on any atom is 0.307 e. The Labute approximate surface area is 118 Å². The maximum atomic E-state index is 12.4. The largest absolute Gasteiger partial charge is 0.481 e. The van der Waals surface area contributed by atoms with Crippen molar-refractivity contribution >= 4 is 21.9 Å². The van der Waals surface area contributed by atoms with Crippen LogP contribution in [0.15, 0.2) is 24.3 Å². The zero-order valence-electron chi connectivity index (χ0n) is 11.5. The standard InChI is InChI=1S/C13H18N2O4S/c1-10-4-3-5-12(8-10)15-7-6-14(20(15,18)19)9-11(2)13(16)17/h3-5,8,11H,6-7,9H2,1-2H3,(H,16,17). The molecule has 1 atom stereocenters. The van der Waals surface area contributed by atoms with Crippen LogP contribution in [0.5, 0.6) is 0 Å². The minimum Gasteiger partial charge on any atom is -0.481 e. The van der Waals surface area contributed by atoms with Gasteiger partial charge in [0.25, 0.3) is 0 Å². The van der Waals surface area contributed by atoms with Gasteiger partial charge in [0.1, 0.15) is 0 Å². The molecule has 0 radical (unpaired) electrons. The fourth-order valence-corrected chi connectivity index (χ4v) is 3.88. The zero-order valence-corrected chi connectivity index (χ0v) is 12.3. The van der Waals surface area contributed by atoms with Gasteiger partial charge >= 0.3 is 16.2 Å². The number of nitrogens with zero attached hydrogens (tertiary/aromatic N) is 2. The molecule has 1 fully saturated rings. The van der Waals surface area contributed by atoms with Crippen LogP contribution in [0.2, 0.25) is 0 Å². The number of aryl methyl sites for hydroxylation is 1. The number of hydrogen-bond donors (Lipinski definition) is 1. The van der Waals surface area contributed by atoms with E-state index in [1.807, 2.05) is 25.1 Å². The van der Waals surface area contributed by atoms with Gasteiger partial charge in [-0.15, -0.1) is 0 Å². The first kappa shape index (κ1) is 14.8. The van der Waals surface area contributed by atoms with E-state index < -0.39 is 22.1 Å². The van der Waals surface area contributed by atoms with Crippen LogP contribution in [0.25, 0.3) is 0 Å². The van der Waals surface area contributed by atoms with E-state index in [0.717, 1.165) is 5.56 Å². The monoisotopic (exact) mass is 298 g/mol. The first-order chi connectivity index (χ1) is 9.32. The van der Waals surface area contributed by atoms with Gasteiger partial charge in [0, 0.05) is 19.6 Å². The average Bonchev–Trinajstić information content (AvgIpc) is 2.64.